The maximum atomic E-state index is 12.9. The first-order chi connectivity index (χ1) is 11.0. The van der Waals surface area contributed by atoms with Gasteiger partial charge in [-0.3, -0.25) is 4.79 Å². The number of carbonyl (C=O) groups excluding carboxylic acids is 1. The third kappa shape index (κ3) is 3.09. The van der Waals surface area contributed by atoms with Gasteiger partial charge in [-0.15, -0.1) is 0 Å². The van der Waals surface area contributed by atoms with Crippen LogP contribution in [0.15, 0.2) is 48.5 Å². The molecule has 4 heteroatoms. The summed E-state index contributed by atoms with van der Waals surface area (Å²) in [6.07, 6.45) is 1.73. The van der Waals surface area contributed by atoms with Gasteiger partial charge in [0.05, 0.1) is 17.0 Å². The minimum atomic E-state index is -0.410. The smallest absolute Gasteiger partial charge is 0.233 e. The lowest BCUT2D eigenvalue weighted by Crippen LogP contribution is -2.36. The first kappa shape index (κ1) is 15.6. The Labute approximate surface area is 141 Å². The molecule has 1 aliphatic carbocycles. The van der Waals surface area contributed by atoms with E-state index in [1.54, 1.807) is 17.0 Å². The van der Waals surface area contributed by atoms with Crippen molar-refractivity contribution in [3.05, 3.63) is 70.2 Å². The first-order valence-electron chi connectivity index (χ1n) is 7.56. The monoisotopic (exact) mass is 324 g/mol. The van der Waals surface area contributed by atoms with Crippen LogP contribution in [-0.4, -0.2) is 17.9 Å². The summed E-state index contributed by atoms with van der Waals surface area (Å²) in [6, 6.07) is 17.0. The maximum absolute atomic E-state index is 12.9. The molecule has 2 aromatic rings. The predicted molar refractivity (Wildman–Crippen MR) is 90.0 cm³/mol. The maximum Gasteiger partial charge on any atom is 0.233 e. The summed E-state index contributed by atoms with van der Waals surface area (Å²) >= 11 is 6.07. The van der Waals surface area contributed by atoms with E-state index >= 15 is 0 Å². The Morgan fingerprint density at radius 1 is 1.26 bits per heavy atom. The number of halogens is 1. The lowest BCUT2D eigenvalue weighted by Gasteiger charge is -2.24. The second kappa shape index (κ2) is 6.06. The van der Waals surface area contributed by atoms with Crippen LogP contribution in [0.1, 0.15) is 29.5 Å². The summed E-state index contributed by atoms with van der Waals surface area (Å²) in [5.41, 5.74) is 2.23. The van der Waals surface area contributed by atoms with E-state index < -0.39 is 5.41 Å². The highest BCUT2D eigenvalue weighted by Gasteiger charge is 2.52. The van der Waals surface area contributed by atoms with Gasteiger partial charge >= 0.3 is 0 Å². The number of nitrogens with zero attached hydrogens (tertiary/aromatic N) is 2. The highest BCUT2D eigenvalue weighted by Crippen LogP contribution is 2.50. The predicted octanol–water partition coefficient (Wildman–Crippen LogP) is 3.90. The van der Waals surface area contributed by atoms with Crippen LogP contribution in [0.4, 0.5) is 0 Å². The van der Waals surface area contributed by atoms with E-state index in [2.05, 4.69) is 6.07 Å². The lowest BCUT2D eigenvalue weighted by molar-refractivity contribution is -0.133. The molecule has 1 fully saturated rings. The molecule has 2 aromatic carbocycles. The van der Waals surface area contributed by atoms with E-state index in [0.29, 0.717) is 17.1 Å². The topological polar surface area (TPSA) is 44.1 Å². The molecule has 0 radical (unpaired) electrons. The summed E-state index contributed by atoms with van der Waals surface area (Å²) in [5.74, 6) is 0.129. The van der Waals surface area contributed by atoms with Gasteiger partial charge in [-0.05, 0) is 48.2 Å². The number of likely N-dealkylation sites (N-methyl/N-ethyl adjacent to an activating group) is 1. The number of hydrogen-bond donors (Lipinski definition) is 0. The van der Waals surface area contributed by atoms with Crippen LogP contribution >= 0.6 is 11.6 Å². The minimum Gasteiger partial charge on any atom is -0.341 e. The second-order valence-electron chi connectivity index (χ2n) is 6.06. The fourth-order valence-corrected chi connectivity index (χ4v) is 3.12. The van der Waals surface area contributed by atoms with Crippen molar-refractivity contribution in [2.75, 3.05) is 7.05 Å². The van der Waals surface area contributed by atoms with Crippen LogP contribution in [0, 0.1) is 11.3 Å². The summed E-state index contributed by atoms with van der Waals surface area (Å²) in [7, 11) is 1.82. The van der Waals surface area contributed by atoms with Crippen molar-refractivity contribution in [1.29, 1.82) is 5.26 Å². The zero-order valence-corrected chi connectivity index (χ0v) is 13.7. The molecule has 0 aliphatic heterocycles. The van der Waals surface area contributed by atoms with Crippen molar-refractivity contribution in [2.45, 2.75) is 24.8 Å². The van der Waals surface area contributed by atoms with Gasteiger partial charge in [0.2, 0.25) is 5.91 Å². The second-order valence-corrected chi connectivity index (χ2v) is 6.50. The molecular formula is C19H17ClN2O. The van der Waals surface area contributed by atoms with E-state index in [4.69, 9.17) is 16.9 Å². The Bertz CT molecular complexity index is 773. The Balaban J connectivity index is 1.75. The van der Waals surface area contributed by atoms with E-state index in [1.165, 1.54) is 0 Å². The SMILES string of the molecule is CN(Cc1ccc(C#N)cc1)C(=O)C1(c2cccc(Cl)c2)CC1. The number of carbonyl (C=O) groups is 1. The van der Waals surface area contributed by atoms with Crippen LogP contribution in [0.5, 0.6) is 0 Å². The van der Waals surface area contributed by atoms with E-state index in [-0.39, 0.29) is 5.91 Å². The molecule has 0 spiro atoms. The van der Waals surface area contributed by atoms with Crippen molar-refractivity contribution in [1.82, 2.24) is 4.90 Å². The van der Waals surface area contributed by atoms with Crippen molar-refractivity contribution < 1.29 is 4.79 Å². The van der Waals surface area contributed by atoms with Crippen LogP contribution in [-0.2, 0) is 16.8 Å². The number of nitriles is 1. The molecular weight excluding hydrogens is 308 g/mol. The lowest BCUT2D eigenvalue weighted by atomic mass is 9.94. The summed E-state index contributed by atoms with van der Waals surface area (Å²) in [4.78, 5) is 14.7. The fraction of sp³-hybridized carbons (Fsp3) is 0.263. The molecule has 1 saturated carbocycles. The van der Waals surface area contributed by atoms with E-state index in [9.17, 15) is 4.79 Å². The van der Waals surface area contributed by atoms with Gasteiger partial charge in [0.15, 0.2) is 0 Å². The highest BCUT2D eigenvalue weighted by atomic mass is 35.5. The van der Waals surface area contributed by atoms with Gasteiger partial charge in [-0.1, -0.05) is 35.9 Å². The molecule has 0 saturated heterocycles. The molecule has 116 valence electrons. The summed E-state index contributed by atoms with van der Waals surface area (Å²) in [5, 5.41) is 9.50. The van der Waals surface area contributed by atoms with E-state index in [0.717, 1.165) is 24.0 Å². The number of benzene rings is 2. The average Bonchev–Trinajstić information content (AvgIpc) is 3.36. The van der Waals surface area contributed by atoms with Gasteiger partial charge in [0.25, 0.3) is 0 Å². The Morgan fingerprint density at radius 2 is 1.96 bits per heavy atom. The molecule has 1 amide bonds. The third-order valence-electron chi connectivity index (χ3n) is 4.39. The molecule has 3 rings (SSSR count). The molecule has 23 heavy (non-hydrogen) atoms. The van der Waals surface area contributed by atoms with Crippen molar-refractivity contribution >= 4 is 17.5 Å². The van der Waals surface area contributed by atoms with Crippen LogP contribution in [0.2, 0.25) is 5.02 Å². The zero-order valence-electron chi connectivity index (χ0n) is 12.9. The zero-order chi connectivity index (χ0) is 16.4. The minimum absolute atomic E-state index is 0.129. The number of rotatable bonds is 4. The molecule has 0 aromatic heterocycles. The van der Waals surface area contributed by atoms with Gasteiger partial charge in [-0.25, -0.2) is 0 Å². The molecule has 0 bridgehead atoms. The Hall–Kier alpha value is -2.31. The molecule has 0 N–H and O–H groups in total. The Kier molecular flexibility index (Phi) is 4.11. The van der Waals surface area contributed by atoms with Crippen LogP contribution in [0.25, 0.3) is 0 Å². The van der Waals surface area contributed by atoms with Crippen molar-refractivity contribution in [2.24, 2.45) is 0 Å². The van der Waals surface area contributed by atoms with Gasteiger partial charge < -0.3 is 4.90 Å². The van der Waals surface area contributed by atoms with Gasteiger partial charge in [0.1, 0.15) is 0 Å². The number of amides is 1. The van der Waals surface area contributed by atoms with Gasteiger partial charge in [-0.2, -0.15) is 5.26 Å². The quantitative estimate of drug-likeness (QED) is 0.856. The third-order valence-corrected chi connectivity index (χ3v) is 4.62. The Morgan fingerprint density at radius 3 is 2.52 bits per heavy atom. The van der Waals surface area contributed by atoms with Gasteiger partial charge in [0, 0.05) is 18.6 Å². The molecule has 0 heterocycles. The van der Waals surface area contributed by atoms with Crippen molar-refractivity contribution in [3.8, 4) is 6.07 Å². The molecule has 0 unspecified atom stereocenters. The van der Waals surface area contributed by atoms with Crippen LogP contribution in [0.3, 0.4) is 0 Å². The van der Waals surface area contributed by atoms with Crippen molar-refractivity contribution in [3.63, 3.8) is 0 Å². The normalized spacial score (nSPS) is 14.8. The fourth-order valence-electron chi connectivity index (χ4n) is 2.93. The summed E-state index contributed by atoms with van der Waals surface area (Å²) < 4.78 is 0. The molecule has 1 aliphatic rings. The average molecular weight is 325 g/mol. The first-order valence-corrected chi connectivity index (χ1v) is 7.94. The van der Waals surface area contributed by atoms with Crippen LogP contribution < -0.4 is 0 Å². The molecule has 0 atom stereocenters. The van der Waals surface area contributed by atoms with E-state index in [1.807, 2.05) is 43.4 Å². The standard InChI is InChI=1S/C19H17ClN2O/c1-22(13-15-7-5-14(12-21)6-8-15)18(23)19(9-10-19)16-3-2-4-17(20)11-16/h2-8,11H,9-10,13H2,1H3. The number of hydrogen-bond acceptors (Lipinski definition) is 2. The highest BCUT2D eigenvalue weighted by molar-refractivity contribution is 6.30. The largest absolute Gasteiger partial charge is 0.341 e. The molecule has 3 nitrogen and oxygen atoms in total. The summed E-state index contributed by atoms with van der Waals surface area (Å²) in [6.45, 7) is 0.535.